The second-order valence-electron chi connectivity index (χ2n) is 5.70. The zero-order valence-corrected chi connectivity index (χ0v) is 12.4. The number of hydrogen-bond donors (Lipinski definition) is 1. The van der Waals surface area contributed by atoms with E-state index in [9.17, 15) is 4.79 Å². The molecule has 0 radical (unpaired) electrons. The molecule has 2 aliphatic rings. The van der Waals surface area contributed by atoms with Gasteiger partial charge in [0.2, 0.25) is 0 Å². The Balaban J connectivity index is 1.64. The van der Waals surface area contributed by atoms with Gasteiger partial charge in [0.25, 0.3) is 5.91 Å². The highest BCUT2D eigenvalue weighted by Crippen LogP contribution is 2.32. The van der Waals surface area contributed by atoms with Crippen molar-refractivity contribution in [2.45, 2.75) is 31.9 Å². The molecule has 1 heterocycles. The molecule has 2 unspecified atom stereocenters. The Kier molecular flexibility index (Phi) is 4.12. The fraction of sp³-hybridized carbons (Fsp3) is 0.562. The van der Waals surface area contributed by atoms with Crippen LogP contribution in [-0.2, 0) is 16.0 Å². The first-order valence-electron chi connectivity index (χ1n) is 7.57. The first-order valence-corrected chi connectivity index (χ1v) is 7.57. The van der Waals surface area contributed by atoms with Gasteiger partial charge in [0.1, 0.15) is 5.75 Å². The van der Waals surface area contributed by atoms with Gasteiger partial charge in [-0.1, -0.05) is 6.07 Å². The molecule has 2 atom stereocenters. The topological polar surface area (TPSA) is 64.8 Å². The molecule has 5 heteroatoms. The number of fused-ring (bicyclic) bond motifs is 1. The fourth-order valence-corrected chi connectivity index (χ4v) is 3.00. The quantitative estimate of drug-likeness (QED) is 0.910. The van der Waals surface area contributed by atoms with Crippen LogP contribution in [0, 0.1) is 0 Å². The molecule has 5 nitrogen and oxygen atoms in total. The van der Waals surface area contributed by atoms with Gasteiger partial charge in [0, 0.05) is 19.1 Å². The fourth-order valence-electron chi connectivity index (χ4n) is 3.00. The minimum Gasteiger partial charge on any atom is -0.481 e. The lowest BCUT2D eigenvalue weighted by Crippen LogP contribution is -2.46. The summed E-state index contributed by atoms with van der Waals surface area (Å²) in [7, 11) is 0. The molecule has 1 aromatic carbocycles. The molecule has 2 N–H and O–H groups in total. The van der Waals surface area contributed by atoms with Gasteiger partial charge in [0.15, 0.2) is 6.10 Å². The maximum absolute atomic E-state index is 12.3. The summed E-state index contributed by atoms with van der Waals surface area (Å²) in [5.41, 5.74) is 8.47. The van der Waals surface area contributed by atoms with E-state index in [2.05, 4.69) is 0 Å². The largest absolute Gasteiger partial charge is 0.481 e. The highest BCUT2D eigenvalue weighted by molar-refractivity contribution is 5.81. The molecule has 1 saturated heterocycles. The summed E-state index contributed by atoms with van der Waals surface area (Å²) in [6.45, 7) is 4.30. The predicted octanol–water partition coefficient (Wildman–Crippen LogP) is 1.26. The standard InChI is InChI=1S/C16H22N2O3/c1-11(16(19)18-6-8-20-9-7-18)21-13-3-4-14-12(10-13)2-5-15(14)17/h3-4,10-11,15H,2,5-9,17H2,1H3. The normalized spacial score (nSPS) is 22.8. The molecule has 0 aromatic heterocycles. The summed E-state index contributed by atoms with van der Waals surface area (Å²) in [5, 5.41) is 0. The summed E-state index contributed by atoms with van der Waals surface area (Å²) in [4.78, 5) is 14.1. The molecule has 3 rings (SSSR count). The molecule has 0 saturated carbocycles. The van der Waals surface area contributed by atoms with Gasteiger partial charge in [-0.15, -0.1) is 0 Å². The van der Waals surface area contributed by atoms with Crippen molar-refractivity contribution < 1.29 is 14.3 Å². The zero-order valence-electron chi connectivity index (χ0n) is 12.4. The van der Waals surface area contributed by atoms with Crippen LogP contribution in [-0.4, -0.2) is 43.2 Å². The molecular weight excluding hydrogens is 268 g/mol. The molecule has 0 bridgehead atoms. The van der Waals surface area contributed by atoms with Crippen LogP contribution < -0.4 is 10.5 Å². The number of aryl methyl sites for hydroxylation is 1. The van der Waals surface area contributed by atoms with Crippen LogP contribution in [0.3, 0.4) is 0 Å². The van der Waals surface area contributed by atoms with Crippen molar-refractivity contribution in [3.8, 4) is 5.75 Å². The number of nitrogens with zero attached hydrogens (tertiary/aromatic N) is 1. The second-order valence-corrected chi connectivity index (χ2v) is 5.70. The van der Waals surface area contributed by atoms with E-state index in [1.165, 1.54) is 11.1 Å². The summed E-state index contributed by atoms with van der Waals surface area (Å²) in [6.07, 6.45) is 1.50. The molecule has 1 amide bonds. The number of carbonyl (C=O) groups is 1. The second kappa shape index (κ2) is 6.03. The summed E-state index contributed by atoms with van der Waals surface area (Å²) < 4.78 is 11.1. The van der Waals surface area contributed by atoms with E-state index in [1.54, 1.807) is 11.8 Å². The van der Waals surface area contributed by atoms with Gasteiger partial charge in [0.05, 0.1) is 13.2 Å². The highest BCUT2D eigenvalue weighted by atomic mass is 16.5. The van der Waals surface area contributed by atoms with Crippen LogP contribution in [0.5, 0.6) is 5.75 Å². The number of amides is 1. The smallest absolute Gasteiger partial charge is 0.263 e. The minimum atomic E-state index is -0.476. The van der Waals surface area contributed by atoms with Crippen LogP contribution in [0.1, 0.15) is 30.5 Å². The van der Waals surface area contributed by atoms with Crippen molar-refractivity contribution in [2.24, 2.45) is 5.73 Å². The van der Waals surface area contributed by atoms with Crippen LogP contribution in [0.2, 0.25) is 0 Å². The molecule has 1 aromatic rings. The number of benzene rings is 1. The Bertz CT molecular complexity index is 526. The maximum atomic E-state index is 12.3. The van der Waals surface area contributed by atoms with E-state index in [0.29, 0.717) is 26.3 Å². The van der Waals surface area contributed by atoms with Gasteiger partial charge >= 0.3 is 0 Å². The lowest BCUT2D eigenvalue weighted by Gasteiger charge is -2.29. The van der Waals surface area contributed by atoms with E-state index in [-0.39, 0.29) is 11.9 Å². The highest BCUT2D eigenvalue weighted by Gasteiger charge is 2.25. The SMILES string of the molecule is CC(Oc1ccc2c(c1)CCC2N)C(=O)N1CCOCC1. The Labute approximate surface area is 125 Å². The first-order chi connectivity index (χ1) is 10.1. The van der Waals surface area contributed by atoms with Crippen molar-refractivity contribution in [1.82, 2.24) is 4.90 Å². The van der Waals surface area contributed by atoms with Crippen LogP contribution in [0.15, 0.2) is 18.2 Å². The predicted molar refractivity (Wildman–Crippen MR) is 79.2 cm³/mol. The Morgan fingerprint density at radius 3 is 2.95 bits per heavy atom. The Morgan fingerprint density at radius 2 is 2.19 bits per heavy atom. The van der Waals surface area contributed by atoms with Gasteiger partial charge in [-0.25, -0.2) is 0 Å². The van der Waals surface area contributed by atoms with Crippen molar-refractivity contribution >= 4 is 5.91 Å². The van der Waals surface area contributed by atoms with Gasteiger partial charge < -0.3 is 20.1 Å². The average Bonchev–Trinajstić information content (AvgIpc) is 2.88. The zero-order chi connectivity index (χ0) is 14.8. The molecule has 0 spiro atoms. The molecule has 21 heavy (non-hydrogen) atoms. The Hall–Kier alpha value is -1.59. The lowest BCUT2D eigenvalue weighted by atomic mass is 10.1. The third kappa shape index (κ3) is 3.04. The third-order valence-electron chi connectivity index (χ3n) is 4.22. The minimum absolute atomic E-state index is 0.0236. The van der Waals surface area contributed by atoms with Gasteiger partial charge in [-0.2, -0.15) is 0 Å². The number of morpholine rings is 1. The van der Waals surface area contributed by atoms with Crippen LogP contribution in [0.25, 0.3) is 0 Å². The summed E-state index contributed by atoms with van der Waals surface area (Å²) in [5.74, 6) is 0.771. The number of nitrogens with two attached hydrogens (primary N) is 1. The number of carbonyl (C=O) groups excluding carboxylic acids is 1. The molecule has 1 aliphatic heterocycles. The monoisotopic (exact) mass is 290 g/mol. The number of rotatable bonds is 3. The summed E-state index contributed by atoms with van der Waals surface area (Å²) in [6, 6.07) is 6.09. The van der Waals surface area contributed by atoms with Crippen molar-refractivity contribution in [3.05, 3.63) is 29.3 Å². The molecular formula is C16H22N2O3. The van der Waals surface area contributed by atoms with Crippen molar-refractivity contribution in [2.75, 3.05) is 26.3 Å². The van der Waals surface area contributed by atoms with Gasteiger partial charge in [-0.05, 0) is 43.0 Å². The van der Waals surface area contributed by atoms with Crippen molar-refractivity contribution in [1.29, 1.82) is 0 Å². The molecule has 1 fully saturated rings. The van der Waals surface area contributed by atoms with E-state index >= 15 is 0 Å². The van der Waals surface area contributed by atoms with E-state index in [1.807, 2.05) is 18.2 Å². The lowest BCUT2D eigenvalue weighted by molar-refractivity contribution is -0.142. The Morgan fingerprint density at radius 1 is 1.43 bits per heavy atom. The molecule has 1 aliphatic carbocycles. The molecule has 114 valence electrons. The van der Waals surface area contributed by atoms with E-state index in [4.69, 9.17) is 15.2 Å². The van der Waals surface area contributed by atoms with E-state index in [0.717, 1.165) is 18.6 Å². The maximum Gasteiger partial charge on any atom is 0.263 e. The number of ether oxygens (including phenoxy) is 2. The first kappa shape index (κ1) is 14.4. The average molecular weight is 290 g/mol. The number of hydrogen-bond acceptors (Lipinski definition) is 4. The third-order valence-corrected chi connectivity index (χ3v) is 4.22. The van der Waals surface area contributed by atoms with Crippen molar-refractivity contribution in [3.63, 3.8) is 0 Å². The van der Waals surface area contributed by atoms with E-state index < -0.39 is 6.10 Å². The summed E-state index contributed by atoms with van der Waals surface area (Å²) >= 11 is 0. The van der Waals surface area contributed by atoms with Crippen LogP contribution >= 0.6 is 0 Å². The van der Waals surface area contributed by atoms with Gasteiger partial charge in [-0.3, -0.25) is 4.79 Å². The van der Waals surface area contributed by atoms with Crippen LogP contribution in [0.4, 0.5) is 0 Å².